The Morgan fingerprint density at radius 3 is 1.24 bits per heavy atom. The summed E-state index contributed by atoms with van der Waals surface area (Å²) in [5.74, 6) is -0.0810. The van der Waals surface area contributed by atoms with Gasteiger partial charge in [0.15, 0.2) is 0 Å². The van der Waals surface area contributed by atoms with Gasteiger partial charge in [-0.2, -0.15) is 0 Å². The molecule has 318 valence electrons. The van der Waals surface area contributed by atoms with E-state index in [1.165, 1.54) is 154 Å². The third-order valence-electron chi connectivity index (χ3n) is 10.4. The Morgan fingerprint density at radius 1 is 0.436 bits per heavy atom. The molecular formula is C51H91NO3. The molecule has 0 heterocycles. The molecule has 0 bridgehead atoms. The quantitative estimate of drug-likeness (QED) is 0.0428. The number of aliphatic hydroxyl groups excluding tert-OH is 2. The zero-order chi connectivity index (χ0) is 40.0. The fourth-order valence-electron chi connectivity index (χ4n) is 6.73. The van der Waals surface area contributed by atoms with Gasteiger partial charge in [0.2, 0.25) is 5.91 Å². The van der Waals surface area contributed by atoms with Crippen LogP contribution in [0.25, 0.3) is 0 Å². The van der Waals surface area contributed by atoms with Crippen LogP contribution < -0.4 is 5.32 Å². The van der Waals surface area contributed by atoms with Crippen LogP contribution in [0.2, 0.25) is 0 Å². The number of nitrogens with one attached hydrogen (secondary N) is 1. The SMILES string of the molecule is CCCC/C=C/CC/C=C/CC/C=C/C(O)C(CO)NC(=O)CCCCCCCCCCCCCCCCCC/C=C\C/C=C\C/C=C\CCCCCCC. The fourth-order valence-corrected chi connectivity index (χ4v) is 6.73. The van der Waals surface area contributed by atoms with Crippen molar-refractivity contribution >= 4 is 5.91 Å². The normalized spacial score (nSPS) is 13.6. The van der Waals surface area contributed by atoms with Crippen LogP contribution in [0.4, 0.5) is 0 Å². The highest BCUT2D eigenvalue weighted by molar-refractivity contribution is 5.76. The molecule has 0 rings (SSSR count). The van der Waals surface area contributed by atoms with Crippen molar-refractivity contribution in [3.05, 3.63) is 72.9 Å². The largest absolute Gasteiger partial charge is 0.394 e. The van der Waals surface area contributed by atoms with Gasteiger partial charge in [-0.05, 0) is 77.0 Å². The molecule has 0 aromatic heterocycles. The molecule has 0 fully saturated rings. The summed E-state index contributed by atoms with van der Waals surface area (Å²) in [4.78, 5) is 12.4. The molecule has 0 aliphatic carbocycles. The predicted molar refractivity (Wildman–Crippen MR) is 244 cm³/mol. The molecule has 0 spiro atoms. The summed E-state index contributed by atoms with van der Waals surface area (Å²) in [5, 5.41) is 22.9. The molecule has 0 radical (unpaired) electrons. The lowest BCUT2D eigenvalue weighted by atomic mass is 10.0. The van der Waals surface area contributed by atoms with Crippen LogP contribution in [0.1, 0.15) is 226 Å². The van der Waals surface area contributed by atoms with E-state index in [0.29, 0.717) is 6.42 Å². The Kier molecular flexibility index (Phi) is 44.4. The number of rotatable bonds is 42. The molecule has 0 aromatic carbocycles. The molecule has 0 saturated carbocycles. The second-order valence-electron chi connectivity index (χ2n) is 15.8. The van der Waals surface area contributed by atoms with E-state index in [9.17, 15) is 15.0 Å². The van der Waals surface area contributed by atoms with Gasteiger partial charge in [0.25, 0.3) is 0 Å². The van der Waals surface area contributed by atoms with E-state index in [4.69, 9.17) is 0 Å². The standard InChI is InChI=1S/C51H91NO3/c1-3-5-7-9-11-13-15-17-18-19-20-21-22-23-24-25-26-27-28-29-30-31-32-33-34-35-37-39-41-43-45-47-51(55)52-49(48-53)50(54)46-44-42-40-38-36-16-14-12-10-8-6-4-2/h10,12,15,17,19-20,22-23,36,38,44,46,49-50,53-54H,3-9,11,13-14,16,18,21,24-35,37,39-43,45,47-48H2,1-2H3,(H,52,55)/b12-10+,17-15-,20-19-,23-22-,38-36+,46-44+. The Morgan fingerprint density at radius 2 is 0.782 bits per heavy atom. The van der Waals surface area contributed by atoms with E-state index < -0.39 is 12.1 Å². The first-order valence-electron chi connectivity index (χ1n) is 23.7. The summed E-state index contributed by atoms with van der Waals surface area (Å²) >= 11 is 0. The molecule has 3 N–H and O–H groups in total. The van der Waals surface area contributed by atoms with Gasteiger partial charge in [-0.3, -0.25) is 4.79 Å². The predicted octanol–water partition coefficient (Wildman–Crippen LogP) is 15.1. The Balaban J connectivity index is 3.52. The zero-order valence-electron chi connectivity index (χ0n) is 36.4. The summed E-state index contributed by atoms with van der Waals surface area (Å²) in [6.07, 6.45) is 66.0. The molecule has 4 nitrogen and oxygen atoms in total. The smallest absolute Gasteiger partial charge is 0.220 e. The van der Waals surface area contributed by atoms with Gasteiger partial charge in [0, 0.05) is 6.42 Å². The minimum absolute atomic E-state index is 0.0810. The monoisotopic (exact) mass is 766 g/mol. The van der Waals surface area contributed by atoms with Crippen molar-refractivity contribution in [2.45, 2.75) is 238 Å². The molecule has 0 aliphatic rings. The van der Waals surface area contributed by atoms with Crippen LogP contribution in [-0.2, 0) is 4.79 Å². The van der Waals surface area contributed by atoms with E-state index in [1.807, 2.05) is 6.08 Å². The second-order valence-corrected chi connectivity index (χ2v) is 15.8. The van der Waals surface area contributed by atoms with Crippen molar-refractivity contribution in [1.29, 1.82) is 0 Å². The van der Waals surface area contributed by atoms with Gasteiger partial charge < -0.3 is 15.5 Å². The molecule has 0 aromatic rings. The molecule has 4 heteroatoms. The van der Waals surface area contributed by atoms with Crippen molar-refractivity contribution in [3.63, 3.8) is 0 Å². The first-order valence-corrected chi connectivity index (χ1v) is 23.7. The molecule has 2 unspecified atom stereocenters. The van der Waals surface area contributed by atoms with Crippen molar-refractivity contribution in [1.82, 2.24) is 5.32 Å². The average Bonchev–Trinajstić information content (AvgIpc) is 3.19. The third-order valence-corrected chi connectivity index (χ3v) is 10.4. The number of hydrogen-bond donors (Lipinski definition) is 3. The summed E-state index contributed by atoms with van der Waals surface area (Å²) in [6, 6.07) is -0.646. The molecule has 0 saturated heterocycles. The zero-order valence-corrected chi connectivity index (χ0v) is 36.4. The fraction of sp³-hybridized carbons (Fsp3) is 0.745. The minimum Gasteiger partial charge on any atom is -0.394 e. The summed E-state index contributed by atoms with van der Waals surface area (Å²) in [5.41, 5.74) is 0. The van der Waals surface area contributed by atoms with Crippen LogP contribution in [0.5, 0.6) is 0 Å². The molecule has 2 atom stereocenters. The number of carbonyl (C=O) groups excluding carboxylic acids is 1. The van der Waals surface area contributed by atoms with Gasteiger partial charge in [0.05, 0.1) is 18.8 Å². The lowest BCUT2D eigenvalue weighted by Crippen LogP contribution is -2.45. The van der Waals surface area contributed by atoms with Crippen LogP contribution in [0, 0.1) is 0 Å². The number of unbranched alkanes of at least 4 members (excludes halogenated alkanes) is 25. The third kappa shape index (κ3) is 42.8. The first-order chi connectivity index (χ1) is 27.2. The topological polar surface area (TPSA) is 69.6 Å². The first kappa shape index (κ1) is 52.8. The van der Waals surface area contributed by atoms with Crippen LogP contribution >= 0.6 is 0 Å². The minimum atomic E-state index is -0.871. The van der Waals surface area contributed by atoms with Crippen molar-refractivity contribution < 1.29 is 15.0 Å². The number of carbonyl (C=O) groups is 1. The van der Waals surface area contributed by atoms with E-state index in [-0.39, 0.29) is 12.5 Å². The molecular weight excluding hydrogens is 675 g/mol. The van der Waals surface area contributed by atoms with E-state index in [1.54, 1.807) is 6.08 Å². The molecule has 0 aliphatic heterocycles. The maximum absolute atomic E-state index is 12.4. The van der Waals surface area contributed by atoms with Gasteiger partial charge >= 0.3 is 0 Å². The Hall–Kier alpha value is -2.17. The summed E-state index contributed by atoms with van der Waals surface area (Å²) < 4.78 is 0. The maximum Gasteiger partial charge on any atom is 0.220 e. The van der Waals surface area contributed by atoms with Crippen LogP contribution in [0.3, 0.4) is 0 Å². The average molecular weight is 766 g/mol. The van der Waals surface area contributed by atoms with E-state index in [2.05, 4.69) is 79.9 Å². The number of hydrogen-bond acceptors (Lipinski definition) is 3. The van der Waals surface area contributed by atoms with Crippen molar-refractivity contribution in [2.75, 3.05) is 6.61 Å². The number of allylic oxidation sites excluding steroid dienone is 11. The summed E-state index contributed by atoms with van der Waals surface area (Å²) in [6.45, 7) is 4.23. The highest BCUT2D eigenvalue weighted by atomic mass is 16.3. The van der Waals surface area contributed by atoms with E-state index in [0.717, 1.165) is 51.4 Å². The maximum atomic E-state index is 12.4. The van der Waals surface area contributed by atoms with Crippen molar-refractivity contribution in [3.8, 4) is 0 Å². The second kappa shape index (κ2) is 46.2. The van der Waals surface area contributed by atoms with E-state index >= 15 is 0 Å². The van der Waals surface area contributed by atoms with Crippen molar-refractivity contribution in [2.24, 2.45) is 0 Å². The molecule has 1 amide bonds. The Bertz CT molecular complexity index is 961. The highest BCUT2D eigenvalue weighted by Gasteiger charge is 2.17. The number of aliphatic hydroxyl groups is 2. The highest BCUT2D eigenvalue weighted by Crippen LogP contribution is 2.15. The van der Waals surface area contributed by atoms with Gasteiger partial charge in [-0.25, -0.2) is 0 Å². The Labute approximate surface area is 342 Å². The van der Waals surface area contributed by atoms with Gasteiger partial charge in [-0.15, -0.1) is 0 Å². The molecule has 55 heavy (non-hydrogen) atoms. The van der Waals surface area contributed by atoms with Gasteiger partial charge in [0.1, 0.15) is 0 Å². The van der Waals surface area contributed by atoms with Crippen LogP contribution in [0.15, 0.2) is 72.9 Å². The van der Waals surface area contributed by atoms with Gasteiger partial charge in [-0.1, -0.05) is 215 Å². The van der Waals surface area contributed by atoms with Crippen LogP contribution in [-0.4, -0.2) is 34.9 Å². The lowest BCUT2D eigenvalue weighted by molar-refractivity contribution is -0.123. The number of amides is 1. The summed E-state index contributed by atoms with van der Waals surface area (Å²) in [7, 11) is 0. The lowest BCUT2D eigenvalue weighted by Gasteiger charge is -2.19.